The van der Waals surface area contributed by atoms with E-state index < -0.39 is 0 Å². The van der Waals surface area contributed by atoms with Gasteiger partial charge in [-0.15, -0.1) is 0 Å². The fourth-order valence-electron chi connectivity index (χ4n) is 2.00. The summed E-state index contributed by atoms with van der Waals surface area (Å²) in [4.78, 5) is 0. The van der Waals surface area contributed by atoms with Crippen molar-refractivity contribution in [3.63, 3.8) is 0 Å². The van der Waals surface area contributed by atoms with Crippen LogP contribution >= 0.6 is 0 Å². The molecule has 0 aliphatic heterocycles. The number of furan rings is 1. The molecule has 4 nitrogen and oxygen atoms in total. The van der Waals surface area contributed by atoms with Crippen molar-refractivity contribution >= 4 is 0 Å². The fourth-order valence-corrected chi connectivity index (χ4v) is 2.00. The molecule has 0 aromatic carbocycles. The number of aryl methyl sites for hydroxylation is 2. The lowest BCUT2D eigenvalue weighted by Gasteiger charge is -2.15. The fraction of sp³-hybridized carbons (Fsp3) is 0.500. The Labute approximate surface area is 108 Å². The molecule has 0 saturated heterocycles. The first-order valence-electron chi connectivity index (χ1n) is 6.45. The van der Waals surface area contributed by atoms with Gasteiger partial charge in [0.2, 0.25) is 0 Å². The maximum atomic E-state index is 5.13. The van der Waals surface area contributed by atoms with Crippen LogP contribution in [0.15, 0.2) is 29.1 Å². The van der Waals surface area contributed by atoms with Crippen LogP contribution in [-0.2, 0) is 13.5 Å². The Hall–Kier alpha value is -1.55. The minimum atomic E-state index is 0.252. The molecule has 0 bridgehead atoms. The molecule has 0 fully saturated rings. The van der Waals surface area contributed by atoms with Crippen LogP contribution in [0.2, 0.25) is 0 Å². The highest BCUT2D eigenvalue weighted by molar-refractivity contribution is 5.17. The average Bonchev–Trinajstić information content (AvgIpc) is 2.96. The summed E-state index contributed by atoms with van der Waals surface area (Å²) >= 11 is 0. The summed E-state index contributed by atoms with van der Waals surface area (Å²) in [5, 5.41) is 8.11. The summed E-state index contributed by atoms with van der Waals surface area (Å²) in [5.74, 6) is 0. The van der Waals surface area contributed by atoms with Crippen LogP contribution in [0, 0.1) is 6.92 Å². The van der Waals surface area contributed by atoms with E-state index in [-0.39, 0.29) is 6.04 Å². The van der Waals surface area contributed by atoms with Gasteiger partial charge in [-0.3, -0.25) is 4.68 Å². The van der Waals surface area contributed by atoms with Gasteiger partial charge in [0.05, 0.1) is 24.3 Å². The Morgan fingerprint density at radius 3 is 2.89 bits per heavy atom. The Balaban J connectivity index is 2.13. The van der Waals surface area contributed by atoms with Gasteiger partial charge >= 0.3 is 0 Å². The van der Waals surface area contributed by atoms with Crippen LogP contribution in [0.3, 0.4) is 0 Å². The normalized spacial score (nSPS) is 12.8. The van der Waals surface area contributed by atoms with Crippen molar-refractivity contribution in [1.29, 1.82) is 0 Å². The van der Waals surface area contributed by atoms with Crippen LogP contribution in [0.5, 0.6) is 0 Å². The van der Waals surface area contributed by atoms with E-state index in [4.69, 9.17) is 4.42 Å². The van der Waals surface area contributed by atoms with Gasteiger partial charge in [0.25, 0.3) is 0 Å². The van der Waals surface area contributed by atoms with Crippen molar-refractivity contribution in [2.75, 3.05) is 6.54 Å². The van der Waals surface area contributed by atoms with Gasteiger partial charge in [0, 0.05) is 12.7 Å². The minimum absolute atomic E-state index is 0.252. The molecule has 0 amide bonds. The third-order valence-corrected chi connectivity index (χ3v) is 3.15. The quantitative estimate of drug-likeness (QED) is 0.853. The zero-order valence-electron chi connectivity index (χ0n) is 11.3. The van der Waals surface area contributed by atoms with Crippen molar-refractivity contribution < 1.29 is 4.42 Å². The van der Waals surface area contributed by atoms with E-state index in [0.717, 1.165) is 25.1 Å². The first-order chi connectivity index (χ1) is 8.70. The molecule has 1 atom stereocenters. The van der Waals surface area contributed by atoms with Gasteiger partial charge in [-0.25, -0.2) is 0 Å². The van der Waals surface area contributed by atoms with E-state index in [1.165, 1.54) is 11.3 Å². The van der Waals surface area contributed by atoms with Crippen LogP contribution in [0.25, 0.3) is 0 Å². The Bertz CT molecular complexity index is 454. The lowest BCUT2D eigenvalue weighted by molar-refractivity contribution is 0.504. The summed E-state index contributed by atoms with van der Waals surface area (Å²) in [6.07, 6.45) is 5.55. The second-order valence-electron chi connectivity index (χ2n) is 4.68. The third kappa shape index (κ3) is 3.01. The minimum Gasteiger partial charge on any atom is -0.472 e. The highest BCUT2D eigenvalue weighted by atomic mass is 16.3. The van der Waals surface area contributed by atoms with Crippen molar-refractivity contribution in [2.24, 2.45) is 7.05 Å². The Kier molecular flexibility index (Phi) is 4.20. The van der Waals surface area contributed by atoms with Crippen molar-refractivity contribution in [3.05, 3.63) is 41.6 Å². The molecule has 1 unspecified atom stereocenters. The molecule has 2 aromatic heterocycles. The maximum absolute atomic E-state index is 5.13. The smallest absolute Gasteiger partial charge is 0.0935 e. The summed E-state index contributed by atoms with van der Waals surface area (Å²) in [6, 6.07) is 4.41. The number of rotatable bonds is 6. The molecular formula is C14H21N3O. The second-order valence-corrected chi connectivity index (χ2v) is 4.68. The molecule has 18 heavy (non-hydrogen) atoms. The zero-order chi connectivity index (χ0) is 13.0. The molecule has 4 heteroatoms. The molecule has 2 heterocycles. The molecule has 0 spiro atoms. The van der Waals surface area contributed by atoms with Crippen molar-refractivity contribution in [2.45, 2.75) is 32.7 Å². The number of nitrogens with zero attached hydrogens (tertiary/aromatic N) is 2. The van der Waals surface area contributed by atoms with E-state index in [9.17, 15) is 0 Å². The molecule has 1 N–H and O–H groups in total. The standard InChI is InChI=1S/C14H21N3O/c1-4-6-15-13(9-12-5-7-18-10-12)14-8-11(2)17(3)16-14/h5,7-8,10,13,15H,4,6,9H2,1-3H3. The lowest BCUT2D eigenvalue weighted by Crippen LogP contribution is -2.24. The molecular weight excluding hydrogens is 226 g/mol. The summed E-state index contributed by atoms with van der Waals surface area (Å²) in [5.41, 5.74) is 3.48. The van der Waals surface area contributed by atoms with Crippen molar-refractivity contribution in [3.8, 4) is 0 Å². The van der Waals surface area contributed by atoms with Crippen LogP contribution in [-0.4, -0.2) is 16.3 Å². The SMILES string of the molecule is CCCNC(Cc1ccoc1)c1cc(C)n(C)n1. The number of aromatic nitrogens is 2. The molecule has 0 saturated carbocycles. The Morgan fingerprint density at radius 1 is 1.50 bits per heavy atom. The van der Waals surface area contributed by atoms with Gasteiger partial charge in [0.15, 0.2) is 0 Å². The summed E-state index contributed by atoms with van der Waals surface area (Å²) in [7, 11) is 1.98. The van der Waals surface area contributed by atoms with Crippen molar-refractivity contribution in [1.82, 2.24) is 15.1 Å². The number of nitrogens with one attached hydrogen (secondary N) is 1. The molecule has 98 valence electrons. The van der Waals surface area contributed by atoms with E-state index in [1.807, 2.05) is 17.8 Å². The highest BCUT2D eigenvalue weighted by Crippen LogP contribution is 2.18. The van der Waals surface area contributed by atoms with E-state index in [1.54, 1.807) is 12.5 Å². The first-order valence-corrected chi connectivity index (χ1v) is 6.45. The van der Waals surface area contributed by atoms with E-state index in [2.05, 4.69) is 30.3 Å². The zero-order valence-corrected chi connectivity index (χ0v) is 11.3. The summed E-state index contributed by atoms with van der Waals surface area (Å²) in [6.45, 7) is 5.24. The highest BCUT2D eigenvalue weighted by Gasteiger charge is 2.16. The van der Waals surface area contributed by atoms with Crippen LogP contribution < -0.4 is 5.32 Å². The van der Waals surface area contributed by atoms with Gasteiger partial charge in [-0.2, -0.15) is 5.10 Å². The molecule has 0 radical (unpaired) electrons. The third-order valence-electron chi connectivity index (χ3n) is 3.15. The topological polar surface area (TPSA) is 43.0 Å². The van der Waals surface area contributed by atoms with E-state index >= 15 is 0 Å². The van der Waals surface area contributed by atoms with Gasteiger partial charge in [0.1, 0.15) is 0 Å². The largest absolute Gasteiger partial charge is 0.472 e. The van der Waals surface area contributed by atoms with Crippen LogP contribution in [0.4, 0.5) is 0 Å². The predicted octanol–water partition coefficient (Wildman–Crippen LogP) is 2.60. The first kappa shape index (κ1) is 12.9. The average molecular weight is 247 g/mol. The monoisotopic (exact) mass is 247 g/mol. The van der Waals surface area contributed by atoms with Crippen LogP contribution in [0.1, 0.15) is 36.3 Å². The van der Waals surface area contributed by atoms with Gasteiger partial charge in [-0.05, 0) is 44.0 Å². The maximum Gasteiger partial charge on any atom is 0.0935 e. The number of hydrogen-bond acceptors (Lipinski definition) is 3. The molecule has 0 aliphatic carbocycles. The molecule has 2 aromatic rings. The second kappa shape index (κ2) is 5.87. The van der Waals surface area contributed by atoms with Gasteiger partial charge < -0.3 is 9.73 Å². The lowest BCUT2D eigenvalue weighted by atomic mass is 10.1. The Morgan fingerprint density at radius 2 is 2.33 bits per heavy atom. The summed E-state index contributed by atoms with van der Waals surface area (Å²) < 4.78 is 7.05. The molecule has 0 aliphatic rings. The van der Waals surface area contributed by atoms with Gasteiger partial charge in [-0.1, -0.05) is 6.92 Å². The number of hydrogen-bond donors (Lipinski definition) is 1. The molecule has 2 rings (SSSR count). The van der Waals surface area contributed by atoms with E-state index in [0.29, 0.717) is 0 Å². The predicted molar refractivity (Wildman–Crippen MR) is 71.4 cm³/mol.